The van der Waals surface area contributed by atoms with Crippen molar-refractivity contribution in [3.05, 3.63) is 131 Å². The number of nitro groups is 1. The molecule has 4 rings (SSSR count). The Morgan fingerprint density at radius 1 is 0.758 bits per heavy atom. The van der Waals surface area contributed by atoms with Gasteiger partial charge in [0.1, 0.15) is 11.4 Å². The van der Waals surface area contributed by atoms with Crippen LogP contribution < -0.4 is 15.6 Å². The van der Waals surface area contributed by atoms with Gasteiger partial charge in [0.2, 0.25) is 0 Å². The molecule has 4 aromatic carbocycles. The maximum absolute atomic E-state index is 10.8. The van der Waals surface area contributed by atoms with Crippen molar-refractivity contribution in [3.8, 4) is 5.75 Å². The highest BCUT2D eigenvalue weighted by Gasteiger charge is 2.24. The van der Waals surface area contributed by atoms with E-state index in [2.05, 4.69) is 29.3 Å². The van der Waals surface area contributed by atoms with Gasteiger partial charge in [0.25, 0.3) is 5.69 Å². The van der Waals surface area contributed by atoms with E-state index in [9.17, 15) is 10.1 Å². The molecule has 0 radical (unpaired) electrons. The zero-order chi connectivity index (χ0) is 22.9. The van der Waals surface area contributed by atoms with Gasteiger partial charge in [0.05, 0.1) is 4.92 Å². The Morgan fingerprint density at radius 2 is 1.33 bits per heavy atom. The maximum atomic E-state index is 10.8. The summed E-state index contributed by atoms with van der Waals surface area (Å²) < 4.78 is 6.47. The molecule has 5 nitrogen and oxygen atoms in total. The van der Waals surface area contributed by atoms with Crippen molar-refractivity contribution in [1.82, 2.24) is 0 Å². The molecule has 0 fully saturated rings. The molecule has 0 atom stereocenters. The summed E-state index contributed by atoms with van der Waals surface area (Å²) in [5.74, 6) is 0.676. The topological polar surface area (TPSA) is 64.7 Å². The number of rotatable bonds is 8. The predicted octanol–water partition coefficient (Wildman–Crippen LogP) is 5.20. The number of hydrogen-bond donors (Lipinski definition) is 0. The van der Waals surface area contributed by atoms with Crippen molar-refractivity contribution in [2.45, 2.75) is 0 Å². The summed E-state index contributed by atoms with van der Waals surface area (Å²) >= 11 is 0. The van der Waals surface area contributed by atoms with Gasteiger partial charge in [-0.05, 0) is 46.8 Å². The Hall–Kier alpha value is -4.45. The van der Waals surface area contributed by atoms with E-state index in [4.69, 9.17) is 4.65 Å². The van der Waals surface area contributed by atoms with Crippen molar-refractivity contribution in [1.29, 1.82) is 0 Å². The number of nitrogens with zero attached hydrogens (tertiary/aromatic N) is 2. The second kappa shape index (κ2) is 10.7. The van der Waals surface area contributed by atoms with Crippen molar-refractivity contribution in [3.63, 3.8) is 0 Å². The summed E-state index contributed by atoms with van der Waals surface area (Å²) in [4.78, 5) is 14.9. The Labute approximate surface area is 193 Å². The van der Waals surface area contributed by atoms with Crippen molar-refractivity contribution >= 4 is 41.5 Å². The quantitative estimate of drug-likeness (QED) is 0.167. The number of aliphatic imine (C=N–C) groups is 1. The molecule has 0 aromatic heterocycles. The van der Waals surface area contributed by atoms with Gasteiger partial charge < -0.3 is 4.65 Å². The summed E-state index contributed by atoms with van der Waals surface area (Å²) in [7, 11) is 0. The van der Waals surface area contributed by atoms with Gasteiger partial charge in [0, 0.05) is 18.3 Å². The van der Waals surface area contributed by atoms with E-state index in [1.54, 1.807) is 24.4 Å². The maximum Gasteiger partial charge on any atom is 0.426 e. The fourth-order valence-electron chi connectivity index (χ4n) is 3.36. The normalized spacial score (nSPS) is 11.0. The minimum Gasteiger partial charge on any atom is -0.550 e. The highest BCUT2D eigenvalue weighted by molar-refractivity contribution is 6.80. The smallest absolute Gasteiger partial charge is 0.426 e. The molecule has 0 heterocycles. The lowest BCUT2D eigenvalue weighted by atomic mass is 9.55. The first kappa shape index (κ1) is 21.8. The third-order valence-electron chi connectivity index (χ3n) is 5.01. The molecule has 0 amide bonds. The molecule has 0 aliphatic carbocycles. The van der Waals surface area contributed by atoms with E-state index in [-0.39, 0.29) is 12.6 Å². The lowest BCUT2D eigenvalue weighted by molar-refractivity contribution is -0.384. The molecule has 33 heavy (non-hydrogen) atoms. The van der Waals surface area contributed by atoms with Crippen LogP contribution in [0, 0.1) is 10.1 Å². The van der Waals surface area contributed by atoms with Crippen molar-refractivity contribution in [2.75, 3.05) is 0 Å². The lowest BCUT2D eigenvalue weighted by Gasteiger charge is -2.18. The zero-order valence-corrected chi connectivity index (χ0v) is 17.8. The summed E-state index contributed by atoms with van der Waals surface area (Å²) in [6, 6.07) is 34.2. The van der Waals surface area contributed by atoms with Crippen LogP contribution in [0.4, 0.5) is 11.4 Å². The molecule has 0 spiro atoms. The molecule has 0 N–H and O–H groups in total. The van der Waals surface area contributed by atoms with Crippen molar-refractivity contribution in [2.24, 2.45) is 4.99 Å². The molecule has 0 bridgehead atoms. The lowest BCUT2D eigenvalue weighted by Crippen LogP contribution is -2.47. The van der Waals surface area contributed by atoms with Crippen LogP contribution in [-0.4, -0.2) is 18.1 Å². The Bertz CT molecular complexity index is 1220. The Balaban J connectivity index is 1.54. The molecule has 0 saturated carbocycles. The number of allylic oxidation sites excluding steroid dienone is 1. The van der Waals surface area contributed by atoms with E-state index in [1.165, 1.54) is 12.1 Å². The number of benzene rings is 4. The first-order valence-electron chi connectivity index (χ1n) is 10.5. The summed E-state index contributed by atoms with van der Waals surface area (Å²) in [5, 5.41) is 10.8. The van der Waals surface area contributed by atoms with Gasteiger partial charge >= 0.3 is 6.92 Å². The van der Waals surface area contributed by atoms with E-state index in [0.717, 1.165) is 16.5 Å². The van der Waals surface area contributed by atoms with Crippen LogP contribution in [0.15, 0.2) is 120 Å². The fraction of sp³-hybridized carbons (Fsp3) is 0. The summed E-state index contributed by atoms with van der Waals surface area (Å²) in [6.45, 7) is -0.264. The SMILES string of the molecule is O=[N+]([O-])c1ccc(/C=C/C=Nc2ccccc2OB(c2ccccc2)c2ccccc2)cc1. The van der Waals surface area contributed by atoms with E-state index >= 15 is 0 Å². The van der Waals surface area contributed by atoms with Gasteiger partial charge in [0.15, 0.2) is 0 Å². The van der Waals surface area contributed by atoms with E-state index in [1.807, 2.05) is 66.7 Å². The van der Waals surface area contributed by atoms with Gasteiger partial charge in [-0.25, -0.2) is 0 Å². The third kappa shape index (κ3) is 5.83. The Kier molecular flexibility index (Phi) is 7.08. The standard InChI is InChI=1S/C27H21BN2O3/c31-30(32)25-19-17-22(18-20-25)10-9-21-29-26-15-7-8-16-27(26)33-28(23-11-3-1-4-12-23)24-13-5-2-6-14-24/h1-21H/b10-9+,29-21?. The largest absolute Gasteiger partial charge is 0.550 e. The average Bonchev–Trinajstić information content (AvgIpc) is 2.87. The van der Waals surface area contributed by atoms with Gasteiger partial charge in [-0.2, -0.15) is 0 Å². The van der Waals surface area contributed by atoms with Gasteiger partial charge in [-0.1, -0.05) is 78.9 Å². The average molecular weight is 432 g/mol. The second-order valence-corrected chi connectivity index (χ2v) is 7.27. The Morgan fingerprint density at radius 3 is 1.94 bits per heavy atom. The molecule has 0 unspecified atom stereocenters. The first-order chi connectivity index (χ1) is 16.2. The van der Waals surface area contributed by atoms with Crippen LogP contribution in [0.3, 0.4) is 0 Å². The van der Waals surface area contributed by atoms with E-state index in [0.29, 0.717) is 11.4 Å². The molecule has 0 aliphatic heterocycles. The summed E-state index contributed by atoms with van der Waals surface area (Å²) in [5.41, 5.74) is 3.74. The second-order valence-electron chi connectivity index (χ2n) is 7.27. The van der Waals surface area contributed by atoms with Crippen LogP contribution in [-0.2, 0) is 0 Å². The molecular formula is C27H21BN2O3. The molecule has 4 aromatic rings. The molecular weight excluding hydrogens is 411 g/mol. The highest BCUT2D eigenvalue weighted by Crippen LogP contribution is 2.27. The van der Waals surface area contributed by atoms with Crippen LogP contribution in [0.1, 0.15) is 5.56 Å². The minimum absolute atomic E-state index is 0.0679. The van der Waals surface area contributed by atoms with Crippen LogP contribution in [0.2, 0.25) is 0 Å². The van der Waals surface area contributed by atoms with Gasteiger partial charge in [-0.3, -0.25) is 15.1 Å². The van der Waals surface area contributed by atoms with Gasteiger partial charge in [-0.15, -0.1) is 0 Å². The minimum atomic E-state index is -0.413. The molecule has 0 saturated heterocycles. The van der Waals surface area contributed by atoms with E-state index < -0.39 is 4.92 Å². The highest BCUT2D eigenvalue weighted by atomic mass is 16.6. The third-order valence-corrected chi connectivity index (χ3v) is 5.01. The summed E-state index contributed by atoms with van der Waals surface area (Å²) in [6.07, 6.45) is 5.32. The number of nitro benzene ring substituents is 1. The molecule has 6 heteroatoms. The molecule has 0 aliphatic rings. The predicted molar refractivity (Wildman–Crippen MR) is 135 cm³/mol. The first-order valence-corrected chi connectivity index (χ1v) is 10.5. The zero-order valence-electron chi connectivity index (χ0n) is 17.8. The van der Waals surface area contributed by atoms with Crippen LogP contribution in [0.25, 0.3) is 6.08 Å². The fourth-order valence-corrected chi connectivity index (χ4v) is 3.36. The van der Waals surface area contributed by atoms with Crippen LogP contribution >= 0.6 is 0 Å². The number of non-ortho nitro benzene ring substituents is 1. The number of hydrogen-bond acceptors (Lipinski definition) is 4. The number of para-hydroxylation sites is 2. The van der Waals surface area contributed by atoms with Crippen LogP contribution in [0.5, 0.6) is 5.75 Å². The molecule has 160 valence electrons. The van der Waals surface area contributed by atoms with Crippen molar-refractivity contribution < 1.29 is 9.58 Å². The monoisotopic (exact) mass is 432 g/mol.